The number of pyridine rings is 1. The molecule has 0 unspecified atom stereocenters. The van der Waals surface area contributed by atoms with Gasteiger partial charge in [0.2, 0.25) is 5.82 Å². The monoisotopic (exact) mass is 451 g/mol. The molecule has 5 aromatic rings. The van der Waals surface area contributed by atoms with Crippen LogP contribution < -0.4 is 5.69 Å². The van der Waals surface area contributed by atoms with Crippen molar-refractivity contribution < 1.29 is 0 Å². The maximum atomic E-state index is 13.2. The molecule has 0 bridgehead atoms. The second kappa shape index (κ2) is 9.66. The smallest absolute Gasteiger partial charge is 0.295 e. The minimum absolute atomic E-state index is 0.0167. The summed E-state index contributed by atoms with van der Waals surface area (Å²) < 4.78 is 3.69. The first-order valence-electron chi connectivity index (χ1n) is 11.3. The van der Waals surface area contributed by atoms with Crippen LogP contribution in [-0.4, -0.2) is 34.7 Å². The van der Waals surface area contributed by atoms with Gasteiger partial charge in [-0.3, -0.25) is 14.1 Å². The standard InChI is InChI=1S/C26H25N7O/c1-2-6-22-18-32(16-19-7-4-3-5-8-19)26(34)33(22)17-20-9-11-21(12-10-20)24-15-27-14-13-23(24)25-28-30-31-29-25/h3-5,7-15,18H,2,6,16-17H2,1H3,(H,28,29,30,31). The van der Waals surface area contributed by atoms with Crippen molar-refractivity contribution in [1.82, 2.24) is 34.7 Å². The highest BCUT2D eigenvalue weighted by atomic mass is 16.1. The van der Waals surface area contributed by atoms with Crippen LogP contribution in [0.25, 0.3) is 22.5 Å². The zero-order valence-electron chi connectivity index (χ0n) is 18.9. The quantitative estimate of drug-likeness (QED) is 0.386. The Labute approximate surface area is 196 Å². The average molecular weight is 452 g/mol. The van der Waals surface area contributed by atoms with Crippen molar-refractivity contribution in [3.63, 3.8) is 0 Å². The summed E-state index contributed by atoms with van der Waals surface area (Å²) in [6.45, 7) is 3.23. The van der Waals surface area contributed by atoms with Crippen LogP contribution in [0.2, 0.25) is 0 Å². The lowest BCUT2D eigenvalue weighted by molar-refractivity contribution is 0.664. The van der Waals surface area contributed by atoms with Crippen LogP contribution in [0.5, 0.6) is 0 Å². The third-order valence-corrected chi connectivity index (χ3v) is 5.84. The maximum absolute atomic E-state index is 13.2. The number of rotatable bonds is 8. The summed E-state index contributed by atoms with van der Waals surface area (Å²) in [7, 11) is 0. The van der Waals surface area contributed by atoms with E-state index in [1.165, 1.54) is 0 Å². The first-order chi connectivity index (χ1) is 16.7. The van der Waals surface area contributed by atoms with Crippen LogP contribution in [-0.2, 0) is 19.5 Å². The van der Waals surface area contributed by atoms with E-state index in [1.54, 1.807) is 12.4 Å². The van der Waals surface area contributed by atoms with Crippen LogP contribution in [0.1, 0.15) is 30.2 Å². The first-order valence-corrected chi connectivity index (χ1v) is 11.3. The summed E-state index contributed by atoms with van der Waals surface area (Å²) in [5.41, 5.74) is 6.03. The van der Waals surface area contributed by atoms with Crippen molar-refractivity contribution in [2.45, 2.75) is 32.9 Å². The molecule has 8 nitrogen and oxygen atoms in total. The van der Waals surface area contributed by atoms with Gasteiger partial charge in [-0.2, -0.15) is 5.21 Å². The molecule has 0 saturated carbocycles. The average Bonchev–Trinajstić information content (AvgIpc) is 3.51. The van der Waals surface area contributed by atoms with Crippen LogP contribution in [0.3, 0.4) is 0 Å². The molecular weight excluding hydrogens is 426 g/mol. The zero-order valence-corrected chi connectivity index (χ0v) is 18.9. The van der Waals surface area contributed by atoms with Crippen LogP contribution in [0.15, 0.2) is 84.0 Å². The third-order valence-electron chi connectivity index (χ3n) is 5.84. The van der Waals surface area contributed by atoms with E-state index < -0.39 is 0 Å². The van der Waals surface area contributed by atoms with Gasteiger partial charge < -0.3 is 0 Å². The van der Waals surface area contributed by atoms with Gasteiger partial charge >= 0.3 is 5.69 Å². The van der Waals surface area contributed by atoms with Crippen molar-refractivity contribution >= 4 is 0 Å². The van der Waals surface area contributed by atoms with Crippen molar-refractivity contribution in [3.05, 3.63) is 107 Å². The third kappa shape index (κ3) is 4.43. The van der Waals surface area contributed by atoms with Gasteiger partial charge in [-0.25, -0.2) is 4.79 Å². The largest absolute Gasteiger partial charge is 0.328 e. The minimum Gasteiger partial charge on any atom is -0.295 e. The van der Waals surface area contributed by atoms with Gasteiger partial charge in [0.1, 0.15) is 0 Å². The first kappa shape index (κ1) is 21.5. The van der Waals surface area contributed by atoms with Crippen molar-refractivity contribution in [2.24, 2.45) is 0 Å². The van der Waals surface area contributed by atoms with Crippen molar-refractivity contribution in [2.75, 3.05) is 0 Å². The van der Waals surface area contributed by atoms with E-state index in [-0.39, 0.29) is 5.69 Å². The topological polar surface area (TPSA) is 94.3 Å². The lowest BCUT2D eigenvalue weighted by Crippen LogP contribution is -2.26. The predicted octanol–water partition coefficient (Wildman–Crippen LogP) is 3.94. The van der Waals surface area contributed by atoms with Crippen LogP contribution in [0, 0.1) is 0 Å². The molecule has 1 N–H and O–H groups in total. The Kier molecular flexibility index (Phi) is 6.11. The highest BCUT2D eigenvalue weighted by molar-refractivity contribution is 5.79. The molecule has 5 rings (SSSR count). The van der Waals surface area contributed by atoms with Crippen molar-refractivity contribution in [3.8, 4) is 22.5 Å². The molecule has 0 aliphatic heterocycles. The Hall–Kier alpha value is -4.33. The van der Waals surface area contributed by atoms with Gasteiger partial charge in [0.25, 0.3) is 0 Å². The summed E-state index contributed by atoms with van der Waals surface area (Å²) >= 11 is 0. The fourth-order valence-corrected chi connectivity index (χ4v) is 4.17. The fraction of sp³-hybridized carbons (Fsp3) is 0.192. The molecule has 8 heteroatoms. The molecular formula is C26H25N7O. The molecule has 0 atom stereocenters. The Balaban J connectivity index is 1.42. The van der Waals surface area contributed by atoms with Gasteiger partial charge in [-0.15, -0.1) is 10.2 Å². The molecule has 0 aliphatic rings. The lowest BCUT2D eigenvalue weighted by Gasteiger charge is -2.09. The Morgan fingerprint density at radius 1 is 0.912 bits per heavy atom. The number of imidazole rings is 1. The summed E-state index contributed by atoms with van der Waals surface area (Å²) in [6.07, 6.45) is 7.35. The van der Waals surface area contributed by atoms with Gasteiger partial charge in [0, 0.05) is 35.4 Å². The van der Waals surface area contributed by atoms with E-state index in [0.29, 0.717) is 18.9 Å². The Bertz CT molecular complexity index is 1420. The molecule has 0 fully saturated rings. The summed E-state index contributed by atoms with van der Waals surface area (Å²) in [5.74, 6) is 0.525. The molecule has 2 aromatic carbocycles. The molecule has 0 saturated heterocycles. The van der Waals surface area contributed by atoms with Crippen LogP contribution in [0.4, 0.5) is 0 Å². The number of H-pyrrole nitrogens is 1. The summed E-state index contributed by atoms with van der Waals surface area (Å²) in [5, 5.41) is 14.4. The molecule has 3 heterocycles. The number of hydrogen-bond acceptors (Lipinski definition) is 5. The maximum Gasteiger partial charge on any atom is 0.328 e. The number of nitrogens with zero attached hydrogens (tertiary/aromatic N) is 6. The molecule has 0 spiro atoms. The summed E-state index contributed by atoms with van der Waals surface area (Å²) in [4.78, 5) is 17.5. The van der Waals surface area contributed by atoms with Crippen molar-refractivity contribution in [1.29, 1.82) is 0 Å². The zero-order chi connectivity index (χ0) is 23.3. The number of benzene rings is 2. The molecule has 3 aromatic heterocycles. The van der Waals surface area contributed by atoms with E-state index in [2.05, 4.69) is 44.7 Å². The Morgan fingerprint density at radius 3 is 2.44 bits per heavy atom. The highest BCUT2D eigenvalue weighted by Gasteiger charge is 2.14. The highest BCUT2D eigenvalue weighted by Crippen LogP contribution is 2.29. The van der Waals surface area contributed by atoms with E-state index in [4.69, 9.17) is 0 Å². The lowest BCUT2D eigenvalue weighted by atomic mass is 10.0. The molecule has 0 amide bonds. The van der Waals surface area contributed by atoms with Gasteiger partial charge in [0.05, 0.1) is 13.1 Å². The fourth-order valence-electron chi connectivity index (χ4n) is 4.17. The molecule has 34 heavy (non-hydrogen) atoms. The second-order valence-electron chi connectivity index (χ2n) is 8.21. The van der Waals surface area contributed by atoms with E-state index in [0.717, 1.165) is 46.4 Å². The SMILES string of the molecule is CCCc1cn(Cc2ccccc2)c(=O)n1Cc1ccc(-c2cnccc2-c2nn[nH]n2)cc1. The van der Waals surface area contributed by atoms with Gasteiger partial charge in [-0.1, -0.05) is 67.9 Å². The number of hydrogen-bond donors (Lipinski definition) is 1. The number of tetrazole rings is 1. The summed E-state index contributed by atoms with van der Waals surface area (Å²) in [6, 6.07) is 20.1. The number of aromatic nitrogens is 7. The van der Waals surface area contributed by atoms with Gasteiger partial charge in [-0.05, 0) is 34.4 Å². The second-order valence-corrected chi connectivity index (χ2v) is 8.21. The van der Waals surface area contributed by atoms with Gasteiger partial charge in [0.15, 0.2) is 0 Å². The molecule has 0 aliphatic carbocycles. The van der Waals surface area contributed by atoms with Crippen LogP contribution >= 0.6 is 0 Å². The minimum atomic E-state index is 0.0167. The van der Waals surface area contributed by atoms with E-state index >= 15 is 0 Å². The normalized spacial score (nSPS) is 11.1. The predicted molar refractivity (Wildman–Crippen MR) is 130 cm³/mol. The number of aryl methyl sites for hydroxylation is 1. The molecule has 170 valence electrons. The number of aromatic amines is 1. The molecule has 0 radical (unpaired) electrons. The van der Waals surface area contributed by atoms with E-state index in [1.807, 2.05) is 63.9 Å². The van der Waals surface area contributed by atoms with E-state index in [9.17, 15) is 4.79 Å². The number of nitrogens with one attached hydrogen (secondary N) is 1. The Morgan fingerprint density at radius 2 is 1.71 bits per heavy atom.